The van der Waals surface area contributed by atoms with Crippen molar-refractivity contribution in [3.05, 3.63) is 35.9 Å². The monoisotopic (exact) mass is 409 g/mol. The van der Waals surface area contributed by atoms with Crippen LogP contribution in [0, 0.1) is 5.92 Å². The van der Waals surface area contributed by atoms with Crippen molar-refractivity contribution in [2.24, 2.45) is 5.92 Å². The zero-order valence-electron chi connectivity index (χ0n) is 16.3. The summed E-state index contributed by atoms with van der Waals surface area (Å²) in [5.41, 5.74) is 1.000. The highest BCUT2D eigenvalue weighted by molar-refractivity contribution is 7.91. The molecule has 0 unspecified atom stereocenters. The van der Waals surface area contributed by atoms with Crippen LogP contribution in [0.25, 0.3) is 0 Å². The Hall–Kier alpha value is -1.93. The largest absolute Gasteiger partial charge is 0.469 e. The zero-order valence-corrected chi connectivity index (χ0v) is 17.1. The Morgan fingerprint density at radius 1 is 1.14 bits per heavy atom. The van der Waals surface area contributed by atoms with Gasteiger partial charge in [-0.25, -0.2) is 8.42 Å². The molecule has 8 heteroatoms. The Labute approximate surface area is 166 Å². The Kier molecular flexibility index (Phi) is 6.72. The van der Waals surface area contributed by atoms with E-state index >= 15 is 0 Å². The van der Waals surface area contributed by atoms with Gasteiger partial charge in [0.1, 0.15) is 0 Å². The van der Waals surface area contributed by atoms with Crippen molar-refractivity contribution in [2.75, 3.05) is 38.2 Å². The third kappa shape index (κ3) is 5.32. The van der Waals surface area contributed by atoms with Gasteiger partial charge in [0.2, 0.25) is 0 Å². The molecule has 1 aromatic carbocycles. The van der Waals surface area contributed by atoms with Gasteiger partial charge in [0, 0.05) is 25.4 Å². The van der Waals surface area contributed by atoms with Crippen LogP contribution < -0.4 is 4.90 Å². The summed E-state index contributed by atoms with van der Waals surface area (Å²) in [5.74, 6) is -0.0761. The number of rotatable bonds is 6. The number of ether oxygens (including phenoxy) is 1. The standard InChI is InChI=1S/C20H28N2O5S/c1-27-20(24)17-7-10-21(11-8-17)14-19(23)22(13-16-5-3-2-4-6-16)18-9-12-28(25,26)15-18/h2-6,17-18H,7-15H2,1H3/p+1/t18-/m0/s1. The van der Waals surface area contributed by atoms with Gasteiger partial charge < -0.3 is 14.5 Å². The Morgan fingerprint density at radius 2 is 1.82 bits per heavy atom. The van der Waals surface area contributed by atoms with E-state index in [1.807, 2.05) is 30.3 Å². The summed E-state index contributed by atoms with van der Waals surface area (Å²) in [6.07, 6.45) is 1.93. The molecule has 28 heavy (non-hydrogen) atoms. The maximum atomic E-state index is 13.1. The van der Waals surface area contributed by atoms with Crippen molar-refractivity contribution in [2.45, 2.75) is 31.8 Å². The maximum Gasteiger partial charge on any atom is 0.309 e. The van der Waals surface area contributed by atoms with Crippen LogP contribution in [0.3, 0.4) is 0 Å². The van der Waals surface area contributed by atoms with Crippen molar-refractivity contribution < 1.29 is 27.6 Å². The molecular weight excluding hydrogens is 380 g/mol. The fourth-order valence-corrected chi connectivity index (χ4v) is 5.87. The van der Waals surface area contributed by atoms with Crippen LogP contribution in [0.1, 0.15) is 24.8 Å². The number of methoxy groups -OCH3 is 1. The van der Waals surface area contributed by atoms with E-state index in [-0.39, 0.29) is 35.3 Å². The van der Waals surface area contributed by atoms with E-state index in [2.05, 4.69) is 0 Å². The lowest BCUT2D eigenvalue weighted by atomic mass is 9.97. The van der Waals surface area contributed by atoms with E-state index in [1.165, 1.54) is 7.11 Å². The number of nitrogens with one attached hydrogen (secondary N) is 1. The molecule has 0 aromatic heterocycles. The molecule has 1 aromatic rings. The first-order valence-electron chi connectivity index (χ1n) is 9.83. The third-order valence-corrected chi connectivity index (χ3v) is 7.54. The zero-order chi connectivity index (χ0) is 20.1. The Balaban J connectivity index is 1.64. The van der Waals surface area contributed by atoms with E-state index in [0.717, 1.165) is 23.6 Å². The number of esters is 1. The van der Waals surface area contributed by atoms with Crippen molar-refractivity contribution in [3.8, 4) is 0 Å². The van der Waals surface area contributed by atoms with Crippen molar-refractivity contribution in [1.82, 2.24) is 4.90 Å². The van der Waals surface area contributed by atoms with E-state index in [4.69, 9.17) is 4.74 Å². The first-order valence-corrected chi connectivity index (χ1v) is 11.7. The fraction of sp³-hybridized carbons (Fsp3) is 0.600. The number of benzene rings is 1. The second-order valence-corrected chi connectivity index (χ2v) is 10.0. The van der Waals surface area contributed by atoms with E-state index in [0.29, 0.717) is 32.4 Å². The number of hydrogen-bond donors (Lipinski definition) is 1. The SMILES string of the molecule is COC(=O)C1CC[NH+](CC(=O)N(Cc2ccccc2)[C@H]2CCS(=O)(=O)C2)CC1. The van der Waals surface area contributed by atoms with Gasteiger partial charge in [0.15, 0.2) is 16.4 Å². The second-order valence-electron chi connectivity index (χ2n) is 7.79. The predicted octanol–water partition coefficient (Wildman–Crippen LogP) is -0.330. The molecule has 0 bridgehead atoms. The molecule has 1 N–H and O–H groups in total. The van der Waals surface area contributed by atoms with Gasteiger partial charge in [-0.3, -0.25) is 9.59 Å². The lowest BCUT2D eigenvalue weighted by Crippen LogP contribution is -3.14. The summed E-state index contributed by atoms with van der Waals surface area (Å²) in [4.78, 5) is 27.7. The lowest BCUT2D eigenvalue weighted by molar-refractivity contribution is -0.898. The Bertz CT molecular complexity index is 788. The average molecular weight is 410 g/mol. The molecule has 7 nitrogen and oxygen atoms in total. The highest BCUT2D eigenvalue weighted by Crippen LogP contribution is 2.20. The molecule has 3 rings (SSSR count). The lowest BCUT2D eigenvalue weighted by Gasteiger charge is -2.32. The van der Waals surface area contributed by atoms with Crippen LogP contribution >= 0.6 is 0 Å². The minimum absolute atomic E-state index is 0.0162. The molecule has 154 valence electrons. The predicted molar refractivity (Wildman–Crippen MR) is 104 cm³/mol. The molecule has 1 amide bonds. The number of carbonyl (C=O) groups excluding carboxylic acids is 2. The van der Waals surface area contributed by atoms with Gasteiger partial charge in [-0.05, 0) is 12.0 Å². The van der Waals surface area contributed by atoms with Crippen molar-refractivity contribution >= 4 is 21.7 Å². The van der Waals surface area contributed by atoms with Crippen LogP contribution in [0.5, 0.6) is 0 Å². The first kappa shape index (κ1) is 20.8. The molecule has 0 aliphatic carbocycles. The molecule has 1 atom stereocenters. The summed E-state index contributed by atoms with van der Waals surface area (Å²) in [5, 5.41) is 0. The molecule has 0 saturated carbocycles. The maximum absolute atomic E-state index is 13.1. The van der Waals surface area contributed by atoms with Crippen LogP contribution in [0.2, 0.25) is 0 Å². The van der Waals surface area contributed by atoms with Gasteiger partial charge in [-0.15, -0.1) is 0 Å². The number of carbonyl (C=O) groups is 2. The van der Waals surface area contributed by atoms with E-state index in [1.54, 1.807) is 4.90 Å². The highest BCUT2D eigenvalue weighted by atomic mass is 32.2. The minimum atomic E-state index is -3.07. The summed E-state index contributed by atoms with van der Waals surface area (Å²) in [7, 11) is -1.67. The highest BCUT2D eigenvalue weighted by Gasteiger charge is 2.36. The number of sulfone groups is 1. The van der Waals surface area contributed by atoms with E-state index in [9.17, 15) is 18.0 Å². The quantitative estimate of drug-likeness (QED) is 0.651. The molecular formula is C20H29N2O5S+. The van der Waals surface area contributed by atoms with Crippen molar-refractivity contribution in [1.29, 1.82) is 0 Å². The number of likely N-dealkylation sites (tertiary alicyclic amines) is 1. The number of amides is 1. The third-order valence-electron chi connectivity index (χ3n) is 5.79. The molecule has 2 aliphatic rings. The number of hydrogen-bond acceptors (Lipinski definition) is 5. The molecule has 0 radical (unpaired) electrons. The molecule has 0 spiro atoms. The van der Waals surface area contributed by atoms with Gasteiger partial charge >= 0.3 is 5.97 Å². The van der Waals surface area contributed by atoms with E-state index < -0.39 is 9.84 Å². The summed E-state index contributed by atoms with van der Waals surface area (Å²) >= 11 is 0. The second kappa shape index (κ2) is 9.05. The normalized spacial score (nSPS) is 26.5. The Morgan fingerprint density at radius 3 is 2.39 bits per heavy atom. The molecule has 2 saturated heterocycles. The average Bonchev–Trinajstić information content (AvgIpc) is 3.06. The molecule has 2 fully saturated rings. The van der Waals surface area contributed by atoms with Crippen LogP contribution in [-0.2, 0) is 30.7 Å². The summed E-state index contributed by atoms with van der Waals surface area (Å²) < 4.78 is 28.7. The topological polar surface area (TPSA) is 85.2 Å². The number of piperidine rings is 1. The van der Waals surface area contributed by atoms with Gasteiger partial charge in [0.05, 0.1) is 37.6 Å². The smallest absolute Gasteiger partial charge is 0.309 e. The fourth-order valence-electron chi connectivity index (χ4n) is 4.14. The molecule has 2 heterocycles. The van der Waals surface area contributed by atoms with Crippen LogP contribution in [0.4, 0.5) is 0 Å². The van der Waals surface area contributed by atoms with Gasteiger partial charge in [-0.1, -0.05) is 30.3 Å². The first-order chi connectivity index (χ1) is 13.4. The van der Waals surface area contributed by atoms with Gasteiger partial charge in [-0.2, -0.15) is 0 Å². The van der Waals surface area contributed by atoms with Crippen LogP contribution in [-0.4, -0.2) is 69.5 Å². The minimum Gasteiger partial charge on any atom is -0.469 e. The van der Waals surface area contributed by atoms with Crippen LogP contribution in [0.15, 0.2) is 30.3 Å². The summed E-state index contributed by atoms with van der Waals surface area (Å²) in [6, 6.07) is 9.42. The summed E-state index contributed by atoms with van der Waals surface area (Å²) in [6.45, 7) is 2.25. The number of nitrogens with zero attached hydrogens (tertiary/aromatic N) is 1. The number of quaternary nitrogens is 1. The molecule has 2 aliphatic heterocycles. The van der Waals surface area contributed by atoms with Crippen molar-refractivity contribution in [3.63, 3.8) is 0 Å². The van der Waals surface area contributed by atoms with Gasteiger partial charge in [0.25, 0.3) is 5.91 Å².